The van der Waals surface area contributed by atoms with Crippen molar-refractivity contribution in [1.29, 1.82) is 0 Å². The number of carbonyl (C=O) groups is 2. The van der Waals surface area contributed by atoms with Crippen molar-refractivity contribution in [3.05, 3.63) is 47.7 Å². The predicted octanol–water partition coefficient (Wildman–Crippen LogP) is 0.860. The minimum absolute atomic E-state index is 0.0222. The van der Waals surface area contributed by atoms with Gasteiger partial charge in [0.2, 0.25) is 11.8 Å². The van der Waals surface area contributed by atoms with Crippen LogP contribution < -0.4 is 10.1 Å². The van der Waals surface area contributed by atoms with Gasteiger partial charge in [0.05, 0.1) is 13.7 Å². The maximum atomic E-state index is 12.4. The third-order valence-corrected chi connectivity index (χ3v) is 3.52. The quantitative estimate of drug-likeness (QED) is 0.817. The number of hydrogen-bond acceptors (Lipinski definition) is 4. The fourth-order valence-electron chi connectivity index (χ4n) is 2.31. The summed E-state index contributed by atoms with van der Waals surface area (Å²) in [5.41, 5.74) is 1.49. The van der Waals surface area contributed by atoms with Gasteiger partial charge in [-0.1, -0.05) is 30.3 Å². The van der Waals surface area contributed by atoms with Crippen molar-refractivity contribution in [1.82, 2.24) is 20.0 Å². The van der Waals surface area contributed by atoms with E-state index in [4.69, 9.17) is 4.74 Å². The monoisotopic (exact) mass is 330 g/mol. The van der Waals surface area contributed by atoms with Crippen LogP contribution in [0.4, 0.5) is 0 Å². The van der Waals surface area contributed by atoms with E-state index in [9.17, 15) is 9.59 Å². The zero-order valence-corrected chi connectivity index (χ0v) is 14.2. The number of ether oxygens (including phenoxy) is 1. The van der Waals surface area contributed by atoms with Crippen LogP contribution in [0.15, 0.2) is 36.5 Å². The normalized spacial score (nSPS) is 10.3. The van der Waals surface area contributed by atoms with Gasteiger partial charge in [-0.2, -0.15) is 0 Å². The van der Waals surface area contributed by atoms with Crippen molar-refractivity contribution in [2.45, 2.75) is 6.42 Å². The molecule has 0 fully saturated rings. The van der Waals surface area contributed by atoms with Crippen LogP contribution >= 0.6 is 0 Å². The molecule has 128 valence electrons. The molecule has 2 aromatic rings. The molecular formula is C17H22N4O3. The summed E-state index contributed by atoms with van der Waals surface area (Å²) < 4.78 is 6.58. The summed E-state index contributed by atoms with van der Waals surface area (Å²) in [7, 11) is 4.73. The first kappa shape index (κ1) is 17.5. The summed E-state index contributed by atoms with van der Waals surface area (Å²) in [5.74, 6) is -0.262. The Balaban J connectivity index is 1.83. The topological polar surface area (TPSA) is 76.5 Å². The molecule has 2 rings (SSSR count). The first-order chi connectivity index (χ1) is 11.5. The van der Waals surface area contributed by atoms with E-state index in [1.807, 2.05) is 30.3 Å². The van der Waals surface area contributed by atoms with Crippen molar-refractivity contribution in [3.63, 3.8) is 0 Å². The van der Waals surface area contributed by atoms with Crippen LogP contribution in [0.1, 0.15) is 15.9 Å². The van der Waals surface area contributed by atoms with E-state index in [1.165, 1.54) is 16.7 Å². The average molecular weight is 330 g/mol. The standard InChI is InChI=1S/C17H22N4O3/c1-20(17(23)14-11-21(2)19-16(14)24-3)12-15(22)18-10-9-13-7-5-4-6-8-13/h4-8,11H,9-10,12H2,1-3H3,(H,18,22). The Morgan fingerprint density at radius 2 is 2.00 bits per heavy atom. The van der Waals surface area contributed by atoms with Crippen LogP contribution in [-0.2, 0) is 18.3 Å². The molecule has 1 heterocycles. The molecule has 0 bridgehead atoms. The fourth-order valence-corrected chi connectivity index (χ4v) is 2.31. The lowest BCUT2D eigenvalue weighted by Gasteiger charge is -2.16. The fraction of sp³-hybridized carbons (Fsp3) is 0.353. The number of likely N-dealkylation sites (N-methyl/N-ethyl adjacent to an activating group) is 1. The van der Waals surface area contributed by atoms with E-state index in [1.54, 1.807) is 20.3 Å². The van der Waals surface area contributed by atoms with E-state index in [2.05, 4.69) is 10.4 Å². The van der Waals surface area contributed by atoms with Crippen molar-refractivity contribution in [3.8, 4) is 5.88 Å². The lowest BCUT2D eigenvalue weighted by molar-refractivity contribution is -0.121. The number of rotatable bonds is 7. The molecule has 0 aliphatic heterocycles. The second-order valence-electron chi connectivity index (χ2n) is 5.47. The molecule has 2 amide bonds. The molecule has 0 saturated carbocycles. The number of aromatic nitrogens is 2. The van der Waals surface area contributed by atoms with Crippen LogP contribution in [-0.4, -0.2) is 53.7 Å². The summed E-state index contributed by atoms with van der Waals surface area (Å²) in [6.45, 7) is 0.507. The molecule has 1 N–H and O–H groups in total. The van der Waals surface area contributed by atoms with Gasteiger partial charge in [-0.3, -0.25) is 14.3 Å². The number of carbonyl (C=O) groups excluding carboxylic acids is 2. The Morgan fingerprint density at radius 3 is 2.67 bits per heavy atom. The second kappa shape index (κ2) is 8.14. The molecular weight excluding hydrogens is 308 g/mol. The van der Waals surface area contributed by atoms with Crippen molar-refractivity contribution in [2.24, 2.45) is 7.05 Å². The Morgan fingerprint density at radius 1 is 1.29 bits per heavy atom. The van der Waals surface area contributed by atoms with Gasteiger partial charge in [-0.25, -0.2) is 0 Å². The van der Waals surface area contributed by atoms with E-state index in [0.717, 1.165) is 12.0 Å². The Bertz CT molecular complexity index is 697. The molecule has 1 aromatic carbocycles. The van der Waals surface area contributed by atoms with Gasteiger partial charge in [-0.05, 0) is 12.0 Å². The number of aryl methyl sites for hydroxylation is 1. The lowest BCUT2D eigenvalue weighted by atomic mass is 10.1. The summed E-state index contributed by atoms with van der Waals surface area (Å²) >= 11 is 0. The van der Waals surface area contributed by atoms with Gasteiger partial charge in [0.25, 0.3) is 5.91 Å². The van der Waals surface area contributed by atoms with E-state index >= 15 is 0 Å². The Hall–Kier alpha value is -2.83. The zero-order chi connectivity index (χ0) is 17.5. The van der Waals surface area contributed by atoms with Crippen molar-refractivity contribution < 1.29 is 14.3 Å². The number of hydrogen-bond donors (Lipinski definition) is 1. The van der Waals surface area contributed by atoms with Gasteiger partial charge in [0.15, 0.2) is 0 Å². The van der Waals surface area contributed by atoms with Gasteiger partial charge in [-0.15, -0.1) is 5.10 Å². The first-order valence-electron chi connectivity index (χ1n) is 7.65. The summed E-state index contributed by atoms with van der Waals surface area (Å²) in [4.78, 5) is 25.7. The van der Waals surface area contributed by atoms with Gasteiger partial charge < -0.3 is 15.0 Å². The molecule has 0 saturated heterocycles. The third kappa shape index (κ3) is 4.58. The van der Waals surface area contributed by atoms with Crippen molar-refractivity contribution in [2.75, 3.05) is 27.2 Å². The second-order valence-corrected chi connectivity index (χ2v) is 5.47. The maximum absolute atomic E-state index is 12.4. The number of methoxy groups -OCH3 is 1. The van der Waals surface area contributed by atoms with Crippen LogP contribution in [0.3, 0.4) is 0 Å². The highest BCUT2D eigenvalue weighted by molar-refractivity contribution is 5.98. The SMILES string of the molecule is COc1nn(C)cc1C(=O)N(C)CC(=O)NCCc1ccccc1. The minimum Gasteiger partial charge on any atom is -0.479 e. The largest absolute Gasteiger partial charge is 0.479 e. The molecule has 1 aromatic heterocycles. The highest BCUT2D eigenvalue weighted by Crippen LogP contribution is 2.16. The van der Waals surface area contributed by atoms with E-state index in [0.29, 0.717) is 12.1 Å². The maximum Gasteiger partial charge on any atom is 0.261 e. The van der Waals surface area contributed by atoms with Crippen LogP contribution in [0.25, 0.3) is 0 Å². The number of nitrogens with one attached hydrogen (secondary N) is 1. The zero-order valence-electron chi connectivity index (χ0n) is 14.2. The highest BCUT2D eigenvalue weighted by atomic mass is 16.5. The minimum atomic E-state index is -0.307. The van der Waals surface area contributed by atoms with Crippen molar-refractivity contribution >= 4 is 11.8 Å². The van der Waals surface area contributed by atoms with E-state index < -0.39 is 0 Å². The lowest BCUT2D eigenvalue weighted by Crippen LogP contribution is -2.39. The highest BCUT2D eigenvalue weighted by Gasteiger charge is 2.21. The van der Waals surface area contributed by atoms with Crippen LogP contribution in [0.2, 0.25) is 0 Å². The van der Waals surface area contributed by atoms with Crippen LogP contribution in [0.5, 0.6) is 5.88 Å². The molecule has 0 aliphatic rings. The summed E-state index contributed by atoms with van der Waals surface area (Å²) in [5, 5.41) is 6.86. The number of amides is 2. The van der Waals surface area contributed by atoms with Gasteiger partial charge >= 0.3 is 0 Å². The number of benzene rings is 1. The smallest absolute Gasteiger partial charge is 0.261 e. The molecule has 24 heavy (non-hydrogen) atoms. The van der Waals surface area contributed by atoms with Gasteiger partial charge in [0.1, 0.15) is 5.56 Å². The summed E-state index contributed by atoms with van der Waals surface area (Å²) in [6.07, 6.45) is 2.33. The third-order valence-electron chi connectivity index (χ3n) is 3.52. The number of nitrogens with zero attached hydrogens (tertiary/aromatic N) is 3. The Kier molecular flexibility index (Phi) is 5.95. The first-order valence-corrected chi connectivity index (χ1v) is 7.65. The molecule has 0 spiro atoms. The molecule has 0 radical (unpaired) electrons. The molecule has 7 heteroatoms. The summed E-state index contributed by atoms with van der Waals surface area (Å²) in [6, 6.07) is 9.90. The van der Waals surface area contributed by atoms with Gasteiger partial charge in [0, 0.05) is 26.8 Å². The van der Waals surface area contributed by atoms with Crippen LogP contribution in [0, 0.1) is 0 Å². The Labute approximate surface area is 141 Å². The average Bonchev–Trinajstić information content (AvgIpc) is 2.96. The molecule has 0 unspecified atom stereocenters. The van der Waals surface area contributed by atoms with E-state index in [-0.39, 0.29) is 24.2 Å². The molecule has 0 atom stereocenters. The molecule has 7 nitrogen and oxygen atoms in total. The predicted molar refractivity (Wildman–Crippen MR) is 89.9 cm³/mol. The molecule has 0 aliphatic carbocycles.